The Labute approximate surface area is 122 Å². The van der Waals surface area contributed by atoms with Crippen LogP contribution in [0.5, 0.6) is 0 Å². The standard InChI is InChI=1S/C16H28N2S/c1-12(10-17-16(3,4)5)13(2)18-8-6-15-14(11-18)7-9-19-15/h7,9,12-13,17H,6,8,10-11H2,1-5H3. The van der Waals surface area contributed by atoms with Gasteiger partial charge in [-0.2, -0.15) is 0 Å². The summed E-state index contributed by atoms with van der Waals surface area (Å²) >= 11 is 1.92. The zero-order valence-electron chi connectivity index (χ0n) is 13.0. The molecule has 2 atom stereocenters. The zero-order chi connectivity index (χ0) is 14.0. The highest BCUT2D eigenvalue weighted by Crippen LogP contribution is 2.26. The molecule has 0 saturated heterocycles. The SMILES string of the molecule is CC(CNC(C)(C)C)C(C)N1CCc2sccc2C1. The van der Waals surface area contributed by atoms with Gasteiger partial charge in [-0.1, -0.05) is 6.92 Å². The molecule has 0 radical (unpaired) electrons. The fraction of sp³-hybridized carbons (Fsp3) is 0.750. The van der Waals surface area contributed by atoms with Crippen LogP contribution in [-0.2, 0) is 13.0 Å². The van der Waals surface area contributed by atoms with Crippen LogP contribution in [0.3, 0.4) is 0 Å². The molecule has 0 fully saturated rings. The van der Waals surface area contributed by atoms with Gasteiger partial charge >= 0.3 is 0 Å². The van der Waals surface area contributed by atoms with E-state index >= 15 is 0 Å². The monoisotopic (exact) mass is 280 g/mol. The maximum Gasteiger partial charge on any atom is 0.0247 e. The summed E-state index contributed by atoms with van der Waals surface area (Å²) in [6.45, 7) is 14.9. The van der Waals surface area contributed by atoms with Gasteiger partial charge in [0.2, 0.25) is 0 Å². The van der Waals surface area contributed by atoms with Crippen molar-refractivity contribution in [2.24, 2.45) is 5.92 Å². The zero-order valence-corrected chi connectivity index (χ0v) is 13.8. The maximum atomic E-state index is 3.63. The summed E-state index contributed by atoms with van der Waals surface area (Å²) in [5, 5.41) is 5.87. The molecule has 0 aromatic carbocycles. The Morgan fingerprint density at radius 2 is 2.11 bits per heavy atom. The van der Waals surface area contributed by atoms with E-state index in [-0.39, 0.29) is 5.54 Å². The second-order valence-electron chi connectivity index (χ2n) is 6.94. The highest BCUT2D eigenvalue weighted by atomic mass is 32.1. The molecule has 3 heteroatoms. The summed E-state index contributed by atoms with van der Waals surface area (Å²) in [6, 6.07) is 2.94. The van der Waals surface area contributed by atoms with Gasteiger partial charge in [-0.3, -0.25) is 4.90 Å². The van der Waals surface area contributed by atoms with Crippen LogP contribution >= 0.6 is 11.3 Å². The molecule has 19 heavy (non-hydrogen) atoms. The van der Waals surface area contributed by atoms with Gasteiger partial charge in [0.1, 0.15) is 0 Å². The second kappa shape index (κ2) is 5.94. The van der Waals surface area contributed by atoms with E-state index < -0.39 is 0 Å². The predicted octanol–water partition coefficient (Wildman–Crippen LogP) is 3.52. The lowest BCUT2D eigenvalue weighted by molar-refractivity contribution is 0.141. The minimum Gasteiger partial charge on any atom is -0.312 e. The molecule has 0 bridgehead atoms. The lowest BCUT2D eigenvalue weighted by Gasteiger charge is -2.37. The van der Waals surface area contributed by atoms with Gasteiger partial charge in [-0.25, -0.2) is 0 Å². The van der Waals surface area contributed by atoms with Crippen molar-refractivity contribution in [3.05, 3.63) is 21.9 Å². The van der Waals surface area contributed by atoms with Crippen LogP contribution in [0.2, 0.25) is 0 Å². The van der Waals surface area contributed by atoms with Crippen LogP contribution in [0.15, 0.2) is 11.4 Å². The van der Waals surface area contributed by atoms with Gasteiger partial charge in [0.05, 0.1) is 0 Å². The molecule has 2 nitrogen and oxygen atoms in total. The van der Waals surface area contributed by atoms with Crippen LogP contribution in [0.4, 0.5) is 0 Å². The molecule has 2 unspecified atom stereocenters. The number of nitrogens with zero attached hydrogens (tertiary/aromatic N) is 1. The van der Waals surface area contributed by atoms with Gasteiger partial charge in [0.15, 0.2) is 0 Å². The van der Waals surface area contributed by atoms with E-state index in [1.165, 1.54) is 13.0 Å². The number of hydrogen-bond acceptors (Lipinski definition) is 3. The van der Waals surface area contributed by atoms with Crippen molar-refractivity contribution in [3.63, 3.8) is 0 Å². The van der Waals surface area contributed by atoms with Crippen molar-refractivity contribution in [2.45, 2.75) is 59.2 Å². The van der Waals surface area contributed by atoms with Crippen LogP contribution in [0.1, 0.15) is 45.1 Å². The highest BCUT2D eigenvalue weighted by molar-refractivity contribution is 7.10. The molecule has 0 amide bonds. The Bertz CT molecular complexity index is 405. The third kappa shape index (κ3) is 4.04. The Morgan fingerprint density at radius 1 is 1.37 bits per heavy atom. The molecule has 1 aliphatic rings. The minimum absolute atomic E-state index is 0.219. The molecule has 1 aromatic heterocycles. The third-order valence-electron chi connectivity index (χ3n) is 4.19. The van der Waals surface area contributed by atoms with Crippen LogP contribution in [-0.4, -0.2) is 29.6 Å². The lowest BCUT2D eigenvalue weighted by atomic mass is 9.97. The summed E-state index contributed by atoms with van der Waals surface area (Å²) in [5.41, 5.74) is 1.77. The fourth-order valence-corrected chi connectivity index (χ4v) is 3.51. The van der Waals surface area contributed by atoms with Crippen LogP contribution in [0, 0.1) is 5.92 Å². The van der Waals surface area contributed by atoms with E-state index in [1.54, 1.807) is 10.4 Å². The number of rotatable bonds is 4. The van der Waals surface area contributed by atoms with E-state index in [0.717, 1.165) is 13.1 Å². The molecule has 0 saturated carbocycles. The molecule has 1 aliphatic heterocycles. The van der Waals surface area contributed by atoms with Crippen molar-refractivity contribution < 1.29 is 0 Å². The van der Waals surface area contributed by atoms with Crippen molar-refractivity contribution in [1.29, 1.82) is 0 Å². The Morgan fingerprint density at radius 3 is 2.79 bits per heavy atom. The first kappa shape index (κ1) is 15.0. The molecule has 2 rings (SSSR count). The van der Waals surface area contributed by atoms with Gasteiger partial charge < -0.3 is 5.32 Å². The quantitative estimate of drug-likeness (QED) is 0.908. The third-order valence-corrected chi connectivity index (χ3v) is 5.21. The summed E-state index contributed by atoms with van der Waals surface area (Å²) in [7, 11) is 0. The topological polar surface area (TPSA) is 15.3 Å². The first-order chi connectivity index (χ1) is 8.87. The molecular formula is C16H28N2S. The molecule has 1 aromatic rings. The number of thiophene rings is 1. The smallest absolute Gasteiger partial charge is 0.0247 e. The van der Waals surface area contributed by atoms with E-state index in [0.29, 0.717) is 12.0 Å². The summed E-state index contributed by atoms with van der Waals surface area (Å²) in [5.74, 6) is 0.680. The first-order valence-corrected chi connectivity index (χ1v) is 8.29. The molecule has 2 heterocycles. The molecule has 0 aliphatic carbocycles. The normalized spacial score (nSPS) is 20.1. The fourth-order valence-electron chi connectivity index (χ4n) is 2.62. The van der Waals surface area contributed by atoms with E-state index in [1.807, 2.05) is 11.3 Å². The summed E-state index contributed by atoms with van der Waals surface area (Å²) < 4.78 is 0. The maximum absolute atomic E-state index is 3.63. The van der Waals surface area contributed by atoms with Crippen LogP contribution in [0.25, 0.3) is 0 Å². The number of hydrogen-bond donors (Lipinski definition) is 1. The van der Waals surface area contributed by atoms with Crippen molar-refractivity contribution in [1.82, 2.24) is 10.2 Å². The Balaban J connectivity index is 1.88. The van der Waals surface area contributed by atoms with Crippen molar-refractivity contribution in [2.75, 3.05) is 13.1 Å². The van der Waals surface area contributed by atoms with Gasteiger partial charge in [0.25, 0.3) is 0 Å². The highest BCUT2D eigenvalue weighted by Gasteiger charge is 2.25. The Hall–Kier alpha value is -0.380. The predicted molar refractivity (Wildman–Crippen MR) is 84.8 cm³/mol. The summed E-state index contributed by atoms with van der Waals surface area (Å²) in [6.07, 6.45) is 1.23. The number of fused-ring (bicyclic) bond motifs is 1. The molecule has 0 spiro atoms. The largest absolute Gasteiger partial charge is 0.312 e. The van der Waals surface area contributed by atoms with Gasteiger partial charge in [-0.15, -0.1) is 11.3 Å². The number of nitrogens with one attached hydrogen (secondary N) is 1. The molecular weight excluding hydrogens is 252 g/mol. The van der Waals surface area contributed by atoms with Gasteiger partial charge in [0, 0.05) is 29.5 Å². The van der Waals surface area contributed by atoms with E-state index in [4.69, 9.17) is 0 Å². The summed E-state index contributed by atoms with van der Waals surface area (Å²) in [4.78, 5) is 4.24. The van der Waals surface area contributed by atoms with Crippen molar-refractivity contribution >= 4 is 11.3 Å². The van der Waals surface area contributed by atoms with E-state index in [2.05, 4.69) is 56.3 Å². The van der Waals surface area contributed by atoms with E-state index in [9.17, 15) is 0 Å². The van der Waals surface area contributed by atoms with Crippen LogP contribution < -0.4 is 5.32 Å². The first-order valence-electron chi connectivity index (χ1n) is 7.41. The molecule has 1 N–H and O–H groups in total. The molecule has 108 valence electrons. The average Bonchev–Trinajstić information content (AvgIpc) is 2.81. The second-order valence-corrected chi connectivity index (χ2v) is 7.94. The minimum atomic E-state index is 0.219. The van der Waals surface area contributed by atoms with Crippen molar-refractivity contribution in [3.8, 4) is 0 Å². The van der Waals surface area contributed by atoms with Gasteiger partial charge in [-0.05, 0) is 63.6 Å². The average molecular weight is 280 g/mol. The lowest BCUT2D eigenvalue weighted by Crippen LogP contribution is -2.46. The Kier molecular flexibility index (Phi) is 4.70.